The summed E-state index contributed by atoms with van der Waals surface area (Å²) in [7, 11) is 3.16. The van der Waals surface area contributed by atoms with Crippen LogP contribution in [0.4, 0.5) is 0 Å². The van der Waals surface area contributed by atoms with Crippen LogP contribution in [-0.2, 0) is 11.8 Å². The fraction of sp³-hybridized carbons (Fsp3) is 0.538. The van der Waals surface area contributed by atoms with Gasteiger partial charge in [-0.1, -0.05) is 18.6 Å². The van der Waals surface area contributed by atoms with Crippen molar-refractivity contribution in [3.05, 3.63) is 18.1 Å². The minimum Gasteiger partial charge on any atom is -0.464 e. The third-order valence-corrected chi connectivity index (χ3v) is 3.18. The highest BCUT2D eigenvalue weighted by Crippen LogP contribution is 2.26. The Hall–Kier alpha value is -2.18. The first kappa shape index (κ1) is 14.2. The van der Waals surface area contributed by atoms with Crippen LogP contribution in [0.15, 0.2) is 12.4 Å². The molecule has 1 atom stereocenters. The van der Waals surface area contributed by atoms with Gasteiger partial charge < -0.3 is 4.74 Å². The van der Waals surface area contributed by atoms with E-state index in [1.165, 1.54) is 7.11 Å². The lowest BCUT2D eigenvalue weighted by Gasteiger charge is -2.13. The molecular weight excluding hydrogens is 258 g/mol. The number of hydrogen-bond acceptors (Lipinski definition) is 5. The molecule has 0 fully saturated rings. The Morgan fingerprint density at radius 3 is 2.80 bits per heavy atom. The van der Waals surface area contributed by atoms with Crippen molar-refractivity contribution in [2.24, 2.45) is 7.05 Å². The molecule has 7 nitrogen and oxygen atoms in total. The zero-order valence-electron chi connectivity index (χ0n) is 12.2. The zero-order chi connectivity index (χ0) is 14.7. The molecule has 2 aromatic rings. The normalized spacial score (nSPS) is 12.4. The Bertz CT molecular complexity index is 602. The fourth-order valence-electron chi connectivity index (χ4n) is 2.19. The molecule has 2 rings (SSSR count). The average Bonchev–Trinajstić information content (AvgIpc) is 3.03. The van der Waals surface area contributed by atoms with Gasteiger partial charge in [-0.15, -0.1) is 5.10 Å². The van der Waals surface area contributed by atoms with Gasteiger partial charge in [0.15, 0.2) is 5.69 Å². The monoisotopic (exact) mass is 277 g/mol. The van der Waals surface area contributed by atoms with Crippen molar-refractivity contribution in [3.8, 4) is 11.3 Å². The van der Waals surface area contributed by atoms with Gasteiger partial charge in [0, 0.05) is 18.8 Å². The second kappa shape index (κ2) is 5.85. The maximum Gasteiger partial charge on any atom is 0.360 e. The summed E-state index contributed by atoms with van der Waals surface area (Å²) in [6.45, 7) is 4.16. The van der Waals surface area contributed by atoms with Gasteiger partial charge >= 0.3 is 5.97 Å². The SMILES string of the molecule is CCCC(C)n1nnc(C(=O)OC)c1-c1cnn(C)c1. The summed E-state index contributed by atoms with van der Waals surface area (Å²) < 4.78 is 8.23. The lowest BCUT2D eigenvalue weighted by atomic mass is 10.1. The maximum absolute atomic E-state index is 11.8. The van der Waals surface area contributed by atoms with Gasteiger partial charge in [0.2, 0.25) is 0 Å². The number of aromatic nitrogens is 5. The van der Waals surface area contributed by atoms with Crippen LogP contribution in [-0.4, -0.2) is 37.9 Å². The summed E-state index contributed by atoms with van der Waals surface area (Å²) in [5.74, 6) is -0.487. The lowest BCUT2D eigenvalue weighted by molar-refractivity contribution is 0.0595. The van der Waals surface area contributed by atoms with Crippen molar-refractivity contribution in [1.29, 1.82) is 0 Å². The van der Waals surface area contributed by atoms with Crippen molar-refractivity contribution in [3.63, 3.8) is 0 Å². The summed E-state index contributed by atoms with van der Waals surface area (Å²) >= 11 is 0. The number of aryl methyl sites for hydroxylation is 1. The minimum absolute atomic E-state index is 0.154. The first-order chi connectivity index (χ1) is 9.58. The van der Waals surface area contributed by atoms with Crippen LogP contribution >= 0.6 is 0 Å². The van der Waals surface area contributed by atoms with E-state index in [0.29, 0.717) is 5.69 Å². The number of rotatable bonds is 5. The number of carbonyl (C=O) groups excluding carboxylic acids is 1. The molecule has 0 aliphatic carbocycles. The molecule has 0 saturated carbocycles. The molecule has 0 saturated heterocycles. The van der Waals surface area contributed by atoms with E-state index >= 15 is 0 Å². The van der Waals surface area contributed by atoms with Crippen LogP contribution in [0.25, 0.3) is 11.3 Å². The van der Waals surface area contributed by atoms with E-state index in [9.17, 15) is 4.79 Å². The van der Waals surface area contributed by atoms with Crippen molar-refractivity contribution in [2.75, 3.05) is 7.11 Å². The first-order valence-corrected chi connectivity index (χ1v) is 6.61. The molecule has 2 aromatic heterocycles. The smallest absolute Gasteiger partial charge is 0.360 e. The van der Waals surface area contributed by atoms with Crippen LogP contribution in [0, 0.1) is 0 Å². The van der Waals surface area contributed by atoms with E-state index in [1.54, 1.807) is 15.6 Å². The highest BCUT2D eigenvalue weighted by Gasteiger charge is 2.24. The van der Waals surface area contributed by atoms with Gasteiger partial charge in [0.05, 0.1) is 19.3 Å². The molecule has 1 unspecified atom stereocenters. The predicted octanol–water partition coefficient (Wildman–Crippen LogP) is 1.83. The standard InChI is InChI=1S/C13H19N5O2/c1-5-6-9(2)18-12(10-7-14-17(3)8-10)11(15-16-18)13(19)20-4/h7-9H,5-6H2,1-4H3. The van der Waals surface area contributed by atoms with E-state index < -0.39 is 5.97 Å². The van der Waals surface area contributed by atoms with Gasteiger partial charge in [-0.05, 0) is 13.3 Å². The second-order valence-corrected chi connectivity index (χ2v) is 4.76. The first-order valence-electron chi connectivity index (χ1n) is 6.61. The Morgan fingerprint density at radius 1 is 1.50 bits per heavy atom. The van der Waals surface area contributed by atoms with Crippen LogP contribution in [0.5, 0.6) is 0 Å². The molecule has 0 amide bonds. The number of ether oxygens (including phenoxy) is 1. The molecule has 7 heteroatoms. The summed E-state index contributed by atoms with van der Waals surface area (Å²) in [6, 6.07) is 0.154. The molecule has 0 spiro atoms. The molecular formula is C13H19N5O2. The molecule has 0 bridgehead atoms. The van der Waals surface area contributed by atoms with Gasteiger partial charge in [0.1, 0.15) is 5.69 Å². The summed E-state index contributed by atoms with van der Waals surface area (Å²) in [6.07, 6.45) is 5.51. The number of esters is 1. The molecule has 2 heterocycles. The summed E-state index contributed by atoms with van der Waals surface area (Å²) in [5.41, 5.74) is 1.69. The molecule has 0 aliphatic heterocycles. The van der Waals surface area contributed by atoms with Crippen LogP contribution in [0.1, 0.15) is 43.2 Å². The summed E-state index contributed by atoms with van der Waals surface area (Å²) in [4.78, 5) is 11.8. The van der Waals surface area contributed by atoms with Gasteiger partial charge in [-0.25, -0.2) is 9.48 Å². The molecule has 20 heavy (non-hydrogen) atoms. The minimum atomic E-state index is -0.487. The number of methoxy groups -OCH3 is 1. The molecule has 0 aliphatic rings. The molecule has 0 radical (unpaired) electrons. The van der Waals surface area contributed by atoms with Crippen LogP contribution < -0.4 is 0 Å². The number of nitrogens with zero attached hydrogens (tertiary/aromatic N) is 5. The summed E-state index contributed by atoms with van der Waals surface area (Å²) in [5, 5.41) is 12.2. The van der Waals surface area contributed by atoms with Crippen molar-refractivity contribution in [1.82, 2.24) is 24.8 Å². The Balaban J connectivity index is 2.53. The van der Waals surface area contributed by atoms with Crippen molar-refractivity contribution >= 4 is 5.97 Å². The predicted molar refractivity (Wildman–Crippen MR) is 73.2 cm³/mol. The highest BCUT2D eigenvalue weighted by molar-refractivity contribution is 5.93. The van der Waals surface area contributed by atoms with E-state index in [1.807, 2.05) is 13.2 Å². The lowest BCUT2D eigenvalue weighted by Crippen LogP contribution is -2.10. The topological polar surface area (TPSA) is 74.8 Å². The second-order valence-electron chi connectivity index (χ2n) is 4.76. The zero-order valence-corrected chi connectivity index (χ0v) is 12.2. The van der Waals surface area contributed by atoms with E-state index in [0.717, 1.165) is 18.4 Å². The maximum atomic E-state index is 11.8. The Kier molecular flexibility index (Phi) is 4.16. The van der Waals surface area contributed by atoms with Gasteiger partial charge in [-0.2, -0.15) is 5.10 Å². The molecule has 0 N–H and O–H groups in total. The third-order valence-electron chi connectivity index (χ3n) is 3.18. The fourth-order valence-corrected chi connectivity index (χ4v) is 2.19. The van der Waals surface area contributed by atoms with E-state index in [2.05, 4.69) is 29.3 Å². The quantitative estimate of drug-likeness (QED) is 0.779. The van der Waals surface area contributed by atoms with Gasteiger partial charge in [-0.3, -0.25) is 4.68 Å². The van der Waals surface area contributed by atoms with Crippen LogP contribution in [0.3, 0.4) is 0 Å². The van der Waals surface area contributed by atoms with Gasteiger partial charge in [0.25, 0.3) is 0 Å². The van der Waals surface area contributed by atoms with Crippen molar-refractivity contribution in [2.45, 2.75) is 32.7 Å². The van der Waals surface area contributed by atoms with Crippen LogP contribution in [0.2, 0.25) is 0 Å². The highest BCUT2D eigenvalue weighted by atomic mass is 16.5. The number of hydrogen-bond donors (Lipinski definition) is 0. The van der Waals surface area contributed by atoms with E-state index in [-0.39, 0.29) is 11.7 Å². The molecule has 108 valence electrons. The Labute approximate surface area is 117 Å². The molecule has 0 aromatic carbocycles. The van der Waals surface area contributed by atoms with E-state index in [4.69, 9.17) is 4.74 Å². The number of carbonyl (C=O) groups is 1. The Morgan fingerprint density at radius 2 is 2.25 bits per heavy atom. The average molecular weight is 277 g/mol. The largest absolute Gasteiger partial charge is 0.464 e. The van der Waals surface area contributed by atoms with Crippen molar-refractivity contribution < 1.29 is 9.53 Å². The third kappa shape index (κ3) is 2.56.